The summed E-state index contributed by atoms with van der Waals surface area (Å²) in [6.07, 6.45) is 1.41. The van der Waals surface area contributed by atoms with Gasteiger partial charge in [-0.3, -0.25) is 14.4 Å². The highest BCUT2D eigenvalue weighted by Crippen LogP contribution is 2.15. The van der Waals surface area contributed by atoms with Crippen molar-refractivity contribution in [3.05, 3.63) is 119 Å². The monoisotopic (exact) mass is 457 g/mol. The summed E-state index contributed by atoms with van der Waals surface area (Å²) in [4.78, 5) is 36.8. The molecule has 0 aliphatic heterocycles. The van der Waals surface area contributed by atoms with Gasteiger partial charge in [0.1, 0.15) is 5.82 Å². The van der Waals surface area contributed by atoms with Gasteiger partial charge in [0.15, 0.2) is 5.76 Å². The van der Waals surface area contributed by atoms with Gasteiger partial charge in [0.05, 0.1) is 6.26 Å². The Bertz CT molecular complexity index is 1300. The molecule has 0 radical (unpaired) electrons. The van der Waals surface area contributed by atoms with Crippen molar-refractivity contribution < 1.29 is 23.2 Å². The van der Waals surface area contributed by atoms with Crippen molar-refractivity contribution in [1.29, 1.82) is 0 Å². The lowest BCUT2D eigenvalue weighted by atomic mass is 10.1. The van der Waals surface area contributed by atoms with Crippen LogP contribution in [0.3, 0.4) is 0 Å². The lowest BCUT2D eigenvalue weighted by molar-refractivity contribution is 0.0949. The molecule has 0 fully saturated rings. The zero-order valence-electron chi connectivity index (χ0n) is 17.9. The highest BCUT2D eigenvalue weighted by molar-refractivity contribution is 6.04. The maximum Gasteiger partial charge on any atom is 0.291 e. The number of hydrogen-bond acceptors (Lipinski definition) is 4. The molecular formula is C26H20FN3O4. The van der Waals surface area contributed by atoms with Gasteiger partial charge in [0.25, 0.3) is 17.7 Å². The molecule has 0 aliphatic carbocycles. The largest absolute Gasteiger partial charge is 0.459 e. The van der Waals surface area contributed by atoms with Crippen LogP contribution in [0.2, 0.25) is 0 Å². The van der Waals surface area contributed by atoms with Crippen molar-refractivity contribution in [2.45, 2.75) is 6.54 Å². The number of anilines is 2. The normalized spacial score (nSPS) is 10.4. The smallest absolute Gasteiger partial charge is 0.291 e. The summed E-state index contributed by atoms with van der Waals surface area (Å²) in [5.41, 5.74) is 2.63. The van der Waals surface area contributed by atoms with Gasteiger partial charge in [-0.05, 0) is 78.4 Å². The predicted molar refractivity (Wildman–Crippen MR) is 125 cm³/mol. The second kappa shape index (κ2) is 10.3. The highest BCUT2D eigenvalue weighted by atomic mass is 19.1. The molecule has 0 atom stereocenters. The van der Waals surface area contributed by atoms with Crippen LogP contribution in [0.15, 0.2) is 95.6 Å². The number of nitrogens with one attached hydrogen (secondary N) is 3. The summed E-state index contributed by atoms with van der Waals surface area (Å²) < 4.78 is 18.1. The van der Waals surface area contributed by atoms with Crippen molar-refractivity contribution in [3.63, 3.8) is 0 Å². The molecule has 0 spiro atoms. The van der Waals surface area contributed by atoms with E-state index in [1.807, 2.05) is 6.07 Å². The SMILES string of the molecule is O=C(NCc1cccc(NC(=O)c2ccc(F)cc2)c1)c1ccc(NC(=O)c2ccco2)cc1. The number of rotatable bonds is 7. The first-order valence-electron chi connectivity index (χ1n) is 10.4. The van der Waals surface area contributed by atoms with Crippen molar-refractivity contribution >= 4 is 29.1 Å². The Morgan fingerprint density at radius 1 is 0.706 bits per heavy atom. The minimum absolute atomic E-state index is 0.193. The Hall–Kier alpha value is -4.72. The molecule has 1 heterocycles. The van der Waals surface area contributed by atoms with E-state index < -0.39 is 5.82 Å². The molecule has 8 heteroatoms. The first kappa shape index (κ1) is 22.5. The van der Waals surface area contributed by atoms with E-state index in [4.69, 9.17) is 4.42 Å². The lowest BCUT2D eigenvalue weighted by Crippen LogP contribution is -2.23. The minimum Gasteiger partial charge on any atom is -0.459 e. The number of halogens is 1. The van der Waals surface area contributed by atoms with Crippen LogP contribution in [0, 0.1) is 5.82 Å². The summed E-state index contributed by atoms with van der Waals surface area (Å²) in [6, 6.07) is 21.9. The Morgan fingerprint density at radius 2 is 1.38 bits per heavy atom. The van der Waals surface area contributed by atoms with Crippen molar-refractivity contribution in [3.8, 4) is 0 Å². The van der Waals surface area contributed by atoms with Crippen LogP contribution in [0.25, 0.3) is 0 Å². The van der Waals surface area contributed by atoms with E-state index in [2.05, 4.69) is 16.0 Å². The molecule has 3 amide bonds. The maximum atomic E-state index is 13.0. The Morgan fingerprint density at radius 3 is 2.09 bits per heavy atom. The lowest BCUT2D eigenvalue weighted by Gasteiger charge is -2.09. The molecule has 34 heavy (non-hydrogen) atoms. The van der Waals surface area contributed by atoms with E-state index in [0.717, 1.165) is 5.56 Å². The quantitative estimate of drug-likeness (QED) is 0.369. The fraction of sp³-hybridized carbons (Fsp3) is 0.0385. The number of hydrogen-bond donors (Lipinski definition) is 3. The molecule has 1 aromatic heterocycles. The summed E-state index contributed by atoms with van der Waals surface area (Å²) in [7, 11) is 0. The third-order valence-electron chi connectivity index (χ3n) is 4.89. The molecule has 0 aliphatic rings. The highest BCUT2D eigenvalue weighted by Gasteiger charge is 2.11. The van der Waals surface area contributed by atoms with Gasteiger partial charge in [0.2, 0.25) is 0 Å². The number of carbonyl (C=O) groups is 3. The van der Waals surface area contributed by atoms with Crippen molar-refractivity contribution in [1.82, 2.24) is 5.32 Å². The third-order valence-corrected chi connectivity index (χ3v) is 4.89. The molecule has 0 saturated carbocycles. The van der Waals surface area contributed by atoms with Crippen LogP contribution in [0.4, 0.5) is 15.8 Å². The maximum absolute atomic E-state index is 13.0. The summed E-state index contributed by atoms with van der Waals surface area (Å²) >= 11 is 0. The van der Waals surface area contributed by atoms with Crippen LogP contribution < -0.4 is 16.0 Å². The molecular weight excluding hydrogens is 437 g/mol. The van der Waals surface area contributed by atoms with E-state index in [9.17, 15) is 18.8 Å². The average molecular weight is 457 g/mol. The average Bonchev–Trinajstić information content (AvgIpc) is 3.39. The van der Waals surface area contributed by atoms with Gasteiger partial charge >= 0.3 is 0 Å². The topological polar surface area (TPSA) is 100 Å². The van der Waals surface area contributed by atoms with Crippen molar-refractivity contribution in [2.75, 3.05) is 10.6 Å². The molecule has 3 N–H and O–H groups in total. The Balaban J connectivity index is 1.31. The zero-order chi connectivity index (χ0) is 23.9. The molecule has 0 saturated heterocycles. The summed E-state index contributed by atoms with van der Waals surface area (Å²) in [5.74, 6) is -1.25. The molecule has 3 aromatic carbocycles. The molecule has 0 unspecified atom stereocenters. The van der Waals surface area contributed by atoms with Gasteiger partial charge in [-0.25, -0.2) is 4.39 Å². The van der Waals surface area contributed by atoms with Gasteiger partial charge in [-0.15, -0.1) is 0 Å². The summed E-state index contributed by atoms with van der Waals surface area (Å²) in [5, 5.41) is 8.26. The van der Waals surface area contributed by atoms with Crippen LogP contribution in [0.5, 0.6) is 0 Å². The standard InChI is InChI=1S/C26H20FN3O4/c27-20-10-6-19(7-11-20)25(32)30-22-4-1-3-17(15-22)16-28-24(31)18-8-12-21(13-9-18)29-26(33)23-5-2-14-34-23/h1-15H,16H2,(H,28,31)(H,29,33)(H,30,32). The Kier molecular flexibility index (Phi) is 6.78. The minimum atomic E-state index is -0.414. The number of carbonyl (C=O) groups excluding carboxylic acids is 3. The Labute approximate surface area is 194 Å². The van der Waals surface area contributed by atoms with E-state index >= 15 is 0 Å². The van der Waals surface area contributed by atoms with Crippen LogP contribution in [0.1, 0.15) is 36.8 Å². The number of furan rings is 1. The van der Waals surface area contributed by atoms with Gasteiger partial charge < -0.3 is 20.4 Å². The van der Waals surface area contributed by atoms with Crippen LogP contribution in [-0.2, 0) is 6.54 Å². The van der Waals surface area contributed by atoms with E-state index in [0.29, 0.717) is 22.5 Å². The van der Waals surface area contributed by atoms with E-state index in [-0.39, 0.29) is 30.0 Å². The molecule has 170 valence electrons. The van der Waals surface area contributed by atoms with E-state index in [1.165, 1.54) is 30.5 Å². The molecule has 7 nitrogen and oxygen atoms in total. The summed E-state index contributed by atoms with van der Waals surface area (Å²) in [6.45, 7) is 0.246. The van der Waals surface area contributed by atoms with Crippen LogP contribution >= 0.6 is 0 Å². The second-order valence-corrected chi connectivity index (χ2v) is 7.35. The fourth-order valence-electron chi connectivity index (χ4n) is 3.15. The van der Waals surface area contributed by atoms with Gasteiger partial charge in [-0.2, -0.15) is 0 Å². The van der Waals surface area contributed by atoms with Gasteiger partial charge in [-0.1, -0.05) is 12.1 Å². The number of amides is 3. The second-order valence-electron chi connectivity index (χ2n) is 7.35. The predicted octanol–water partition coefficient (Wildman–Crippen LogP) is 4.85. The number of benzene rings is 3. The first-order chi connectivity index (χ1) is 16.5. The first-order valence-corrected chi connectivity index (χ1v) is 10.4. The molecule has 4 aromatic rings. The molecule has 0 bridgehead atoms. The zero-order valence-corrected chi connectivity index (χ0v) is 17.9. The fourth-order valence-corrected chi connectivity index (χ4v) is 3.15. The van der Waals surface area contributed by atoms with Gasteiger partial charge in [0, 0.05) is 29.0 Å². The third kappa shape index (κ3) is 5.74. The van der Waals surface area contributed by atoms with Crippen molar-refractivity contribution in [2.24, 2.45) is 0 Å². The van der Waals surface area contributed by atoms with E-state index in [1.54, 1.807) is 54.6 Å². The molecule has 4 rings (SSSR count). The van der Waals surface area contributed by atoms with Crippen LogP contribution in [-0.4, -0.2) is 17.7 Å².